The van der Waals surface area contributed by atoms with Gasteiger partial charge in [-0.2, -0.15) is 0 Å². The van der Waals surface area contributed by atoms with E-state index in [0.29, 0.717) is 0 Å². The summed E-state index contributed by atoms with van der Waals surface area (Å²) in [5, 5.41) is 8.13. The van der Waals surface area contributed by atoms with Crippen molar-refractivity contribution in [3.05, 3.63) is 0 Å². The van der Waals surface area contributed by atoms with E-state index in [0.717, 1.165) is 0 Å². The first-order chi connectivity index (χ1) is 6.06. The zero-order valence-corrected chi connectivity index (χ0v) is 8.25. The summed E-state index contributed by atoms with van der Waals surface area (Å²) in [4.78, 5) is 31.3. The van der Waals surface area contributed by atoms with Gasteiger partial charge in [0.05, 0.1) is 6.42 Å². The third-order valence-corrected chi connectivity index (χ3v) is 1.24. The summed E-state index contributed by atoms with van der Waals surface area (Å²) in [6.07, 6.45) is -0.0242. The molecule has 4 N–H and O–H groups in total. The molecule has 0 aliphatic heterocycles. The molecule has 0 aromatic heterocycles. The number of ether oxygens (including phenoxy) is 1. The highest BCUT2D eigenvalue weighted by Crippen LogP contribution is 1.93. The van der Waals surface area contributed by atoms with Crippen LogP contribution in [-0.4, -0.2) is 36.0 Å². The molecular formula is C7H12ClNO5. The van der Waals surface area contributed by atoms with E-state index >= 15 is 0 Å². The molecule has 0 spiro atoms. The smallest absolute Gasteiger partial charge is 0.341 e. The van der Waals surface area contributed by atoms with Crippen LogP contribution in [0.3, 0.4) is 0 Å². The average Bonchev–Trinajstić information content (AvgIpc) is 2.10. The number of hydrogen-bond acceptors (Lipinski definition) is 4. The molecule has 0 radical (unpaired) electrons. The zero-order valence-electron chi connectivity index (χ0n) is 7.49. The van der Waals surface area contributed by atoms with Gasteiger partial charge in [-0.05, 0) is 0 Å². The van der Waals surface area contributed by atoms with Gasteiger partial charge >= 0.3 is 11.9 Å². The van der Waals surface area contributed by atoms with Gasteiger partial charge < -0.3 is 28.0 Å². The third kappa shape index (κ3) is 8.95. The van der Waals surface area contributed by atoms with Gasteiger partial charge in [-0.15, -0.1) is 0 Å². The number of Topliss-reactive ketones (excluding diaryl/α,β-unsaturated/α-hetero) is 1. The largest absolute Gasteiger partial charge is 1.00 e. The highest BCUT2D eigenvalue weighted by Gasteiger charge is 2.09. The zero-order chi connectivity index (χ0) is 10.3. The van der Waals surface area contributed by atoms with Crippen molar-refractivity contribution in [1.82, 2.24) is 0 Å². The Bertz CT molecular complexity index is 218. The molecule has 0 heterocycles. The van der Waals surface area contributed by atoms with Crippen molar-refractivity contribution in [2.24, 2.45) is 0 Å². The molecule has 6 nitrogen and oxygen atoms in total. The van der Waals surface area contributed by atoms with Gasteiger partial charge in [0.1, 0.15) is 6.54 Å². The fraction of sp³-hybridized carbons (Fsp3) is 0.571. The second-order valence-corrected chi connectivity index (χ2v) is 2.34. The number of carbonyl (C=O) groups excluding carboxylic acids is 2. The van der Waals surface area contributed by atoms with Crippen molar-refractivity contribution < 1.29 is 42.4 Å². The lowest BCUT2D eigenvalue weighted by Gasteiger charge is -1.99. The molecule has 82 valence electrons. The van der Waals surface area contributed by atoms with Crippen LogP contribution in [0.15, 0.2) is 0 Å². The van der Waals surface area contributed by atoms with Gasteiger partial charge in [0.15, 0.2) is 12.4 Å². The topological polar surface area (TPSA) is 108 Å². The Hall–Kier alpha value is -1.14. The standard InChI is InChI=1S/C7H11NO5.ClH/c8-3-5(9)1-2-7(12)13-4-6(10)11;/h1-4,8H2,(H,10,11);1H. The molecule has 14 heavy (non-hydrogen) atoms. The number of aliphatic carboxylic acids is 1. The highest BCUT2D eigenvalue weighted by molar-refractivity contribution is 5.84. The predicted molar refractivity (Wildman–Crippen MR) is 40.6 cm³/mol. The van der Waals surface area contributed by atoms with Gasteiger partial charge in [0.25, 0.3) is 0 Å². The maximum Gasteiger partial charge on any atom is 0.341 e. The van der Waals surface area contributed by atoms with E-state index in [-0.39, 0.29) is 37.6 Å². The number of quaternary nitrogens is 1. The van der Waals surface area contributed by atoms with Gasteiger partial charge in [0, 0.05) is 6.42 Å². The van der Waals surface area contributed by atoms with E-state index in [1.54, 1.807) is 0 Å². The number of hydrogen-bond donors (Lipinski definition) is 2. The maximum atomic E-state index is 10.7. The second kappa shape index (κ2) is 8.46. The summed E-state index contributed by atoms with van der Waals surface area (Å²) >= 11 is 0. The molecule has 0 bridgehead atoms. The van der Waals surface area contributed by atoms with Crippen LogP contribution in [-0.2, 0) is 19.1 Å². The van der Waals surface area contributed by atoms with Crippen LogP contribution in [0.25, 0.3) is 0 Å². The first-order valence-electron chi connectivity index (χ1n) is 3.74. The van der Waals surface area contributed by atoms with Crippen molar-refractivity contribution in [3.8, 4) is 0 Å². The number of esters is 1. The lowest BCUT2D eigenvalue weighted by Crippen LogP contribution is -3.00. The van der Waals surface area contributed by atoms with Crippen LogP contribution in [0.2, 0.25) is 0 Å². The van der Waals surface area contributed by atoms with Gasteiger partial charge in [-0.1, -0.05) is 0 Å². The minimum atomic E-state index is -1.21. The molecule has 0 aliphatic carbocycles. The molecule has 0 aliphatic rings. The van der Waals surface area contributed by atoms with Crippen molar-refractivity contribution in [2.45, 2.75) is 12.8 Å². The molecule has 0 aromatic carbocycles. The van der Waals surface area contributed by atoms with E-state index in [1.165, 1.54) is 0 Å². The highest BCUT2D eigenvalue weighted by atomic mass is 35.5. The van der Waals surface area contributed by atoms with Crippen molar-refractivity contribution >= 4 is 17.7 Å². The predicted octanol–water partition coefficient (Wildman–Crippen LogP) is -4.79. The van der Waals surface area contributed by atoms with Gasteiger partial charge in [0.2, 0.25) is 0 Å². The van der Waals surface area contributed by atoms with Gasteiger partial charge in [-0.3, -0.25) is 9.59 Å². The fourth-order valence-corrected chi connectivity index (χ4v) is 0.581. The van der Waals surface area contributed by atoms with E-state index < -0.39 is 18.5 Å². The second-order valence-electron chi connectivity index (χ2n) is 2.34. The summed E-state index contributed by atoms with van der Waals surface area (Å²) in [7, 11) is 0. The summed E-state index contributed by atoms with van der Waals surface area (Å²) in [5.74, 6) is -2.03. The maximum absolute atomic E-state index is 10.7. The Kier molecular flexibility index (Phi) is 9.27. The van der Waals surface area contributed by atoms with Crippen LogP contribution in [0.1, 0.15) is 12.8 Å². The molecule has 0 saturated heterocycles. The van der Waals surface area contributed by atoms with Crippen LogP contribution < -0.4 is 18.1 Å². The molecule has 0 atom stereocenters. The number of ketones is 1. The van der Waals surface area contributed by atoms with Gasteiger partial charge in [-0.25, -0.2) is 4.79 Å². The number of carboxylic acids is 1. The number of rotatable bonds is 6. The molecule has 0 aromatic rings. The Morgan fingerprint density at radius 1 is 1.21 bits per heavy atom. The Morgan fingerprint density at radius 3 is 2.21 bits per heavy atom. The number of carboxylic acid groups (broad SMARTS) is 1. The first kappa shape index (κ1) is 15.3. The molecule has 0 rings (SSSR count). The van der Waals surface area contributed by atoms with Crippen LogP contribution in [0.5, 0.6) is 0 Å². The monoisotopic (exact) mass is 225 g/mol. The lowest BCUT2D eigenvalue weighted by atomic mass is 10.2. The Labute approximate surface area is 86.8 Å². The fourth-order valence-electron chi connectivity index (χ4n) is 0.581. The normalized spacial score (nSPS) is 8.64. The average molecular weight is 226 g/mol. The quantitative estimate of drug-likeness (QED) is 0.441. The summed E-state index contributed by atoms with van der Waals surface area (Å²) in [6, 6.07) is 0. The SMILES string of the molecule is [Cl-].[NH3+]CC(=O)CCC(=O)OCC(=O)O. The summed E-state index contributed by atoms with van der Waals surface area (Å²) in [5.41, 5.74) is 3.34. The third-order valence-electron chi connectivity index (χ3n) is 1.24. The number of halogens is 1. The molecular weight excluding hydrogens is 214 g/mol. The number of carbonyl (C=O) groups is 3. The molecule has 0 saturated carbocycles. The minimum absolute atomic E-state index is 0. The van der Waals surface area contributed by atoms with Crippen molar-refractivity contribution in [1.29, 1.82) is 0 Å². The first-order valence-corrected chi connectivity index (χ1v) is 3.74. The Morgan fingerprint density at radius 2 is 1.79 bits per heavy atom. The van der Waals surface area contributed by atoms with E-state index in [4.69, 9.17) is 5.11 Å². The Balaban J connectivity index is 0. The van der Waals surface area contributed by atoms with Crippen LogP contribution in [0, 0.1) is 0 Å². The van der Waals surface area contributed by atoms with Crippen LogP contribution >= 0.6 is 0 Å². The molecule has 0 amide bonds. The van der Waals surface area contributed by atoms with Crippen molar-refractivity contribution in [2.75, 3.05) is 13.2 Å². The lowest BCUT2D eigenvalue weighted by molar-refractivity contribution is -0.354. The van der Waals surface area contributed by atoms with E-state index in [2.05, 4.69) is 10.5 Å². The molecule has 0 fully saturated rings. The minimum Gasteiger partial charge on any atom is -1.00 e. The summed E-state index contributed by atoms with van der Waals surface area (Å²) < 4.78 is 4.29. The molecule has 7 heteroatoms. The van der Waals surface area contributed by atoms with E-state index in [9.17, 15) is 14.4 Å². The summed E-state index contributed by atoms with van der Waals surface area (Å²) in [6.45, 7) is -0.524. The van der Waals surface area contributed by atoms with Crippen molar-refractivity contribution in [3.63, 3.8) is 0 Å². The van der Waals surface area contributed by atoms with Crippen LogP contribution in [0.4, 0.5) is 0 Å². The molecule has 0 unspecified atom stereocenters. The van der Waals surface area contributed by atoms with E-state index in [1.807, 2.05) is 0 Å².